The molecule has 21 heavy (non-hydrogen) atoms. The van der Waals surface area contributed by atoms with Crippen LogP contribution in [-0.2, 0) is 14.3 Å². The van der Waals surface area contributed by atoms with Crippen LogP contribution in [-0.4, -0.2) is 74.1 Å². The van der Waals surface area contributed by atoms with Crippen molar-refractivity contribution in [3.8, 4) is 0 Å². The molecular weight excluding hydrogens is 294 g/mol. The van der Waals surface area contributed by atoms with Crippen molar-refractivity contribution in [1.82, 2.24) is 15.1 Å². The first-order valence-corrected chi connectivity index (χ1v) is 7.52. The van der Waals surface area contributed by atoms with Crippen molar-refractivity contribution in [3.05, 3.63) is 0 Å². The number of hydrogen-bond acceptors (Lipinski definition) is 5. The van der Waals surface area contributed by atoms with Crippen LogP contribution in [0.5, 0.6) is 0 Å². The van der Waals surface area contributed by atoms with Crippen LogP contribution >= 0.6 is 12.4 Å². The highest BCUT2D eigenvalue weighted by molar-refractivity contribution is 5.90. The number of hydrogen-bond donors (Lipinski definition) is 1. The molecule has 3 fully saturated rings. The molecule has 1 saturated carbocycles. The smallest absolute Gasteiger partial charge is 0.309 e. The van der Waals surface area contributed by atoms with E-state index in [0.717, 1.165) is 45.7 Å². The zero-order valence-corrected chi connectivity index (χ0v) is 13.2. The standard InChI is InChI=1S/C14H23N3O3.ClH/c1-20-14(19)12-8-11(12)13(18)17-5-2-10(9-17)16-6-3-15-4-7-16;/h10-12,15H,2-9H2,1H3;1H. The first kappa shape index (κ1) is 16.5. The van der Waals surface area contributed by atoms with Gasteiger partial charge in [-0.2, -0.15) is 0 Å². The second-order valence-corrected chi connectivity index (χ2v) is 5.98. The second kappa shape index (κ2) is 6.94. The fraction of sp³-hybridized carbons (Fsp3) is 0.857. The SMILES string of the molecule is COC(=O)C1CC1C(=O)N1CCC(N2CCNCC2)C1.Cl. The van der Waals surface area contributed by atoms with Crippen molar-refractivity contribution in [2.45, 2.75) is 18.9 Å². The van der Waals surface area contributed by atoms with Crippen molar-refractivity contribution in [3.63, 3.8) is 0 Å². The monoisotopic (exact) mass is 317 g/mol. The van der Waals surface area contributed by atoms with Crippen molar-refractivity contribution < 1.29 is 14.3 Å². The molecule has 3 rings (SSSR count). The molecule has 2 saturated heterocycles. The lowest BCUT2D eigenvalue weighted by Crippen LogP contribution is -2.49. The minimum absolute atomic E-state index is 0. The average Bonchev–Trinajstić information content (AvgIpc) is 3.14. The largest absolute Gasteiger partial charge is 0.469 e. The van der Waals surface area contributed by atoms with Gasteiger partial charge in [-0.15, -0.1) is 12.4 Å². The number of esters is 1. The number of carbonyl (C=O) groups is 2. The number of carbonyl (C=O) groups excluding carboxylic acids is 2. The van der Waals surface area contributed by atoms with E-state index in [0.29, 0.717) is 12.5 Å². The number of methoxy groups -OCH3 is 1. The summed E-state index contributed by atoms with van der Waals surface area (Å²) in [6.07, 6.45) is 1.72. The van der Waals surface area contributed by atoms with Crippen molar-refractivity contribution >= 4 is 24.3 Å². The maximum Gasteiger partial charge on any atom is 0.309 e. The summed E-state index contributed by atoms with van der Waals surface area (Å²) in [6.45, 7) is 5.87. The maximum absolute atomic E-state index is 12.4. The third-order valence-electron chi connectivity index (χ3n) is 4.75. The minimum atomic E-state index is -0.235. The zero-order valence-electron chi connectivity index (χ0n) is 12.4. The topological polar surface area (TPSA) is 61.9 Å². The van der Waals surface area contributed by atoms with Crippen LogP contribution < -0.4 is 5.32 Å². The molecule has 3 unspecified atom stereocenters. The molecule has 7 heteroatoms. The number of ether oxygens (including phenoxy) is 1. The molecule has 1 N–H and O–H groups in total. The van der Waals surface area contributed by atoms with Gasteiger partial charge in [-0.1, -0.05) is 0 Å². The molecule has 0 spiro atoms. The molecule has 1 amide bonds. The van der Waals surface area contributed by atoms with E-state index in [9.17, 15) is 9.59 Å². The highest BCUT2D eigenvalue weighted by Crippen LogP contribution is 2.41. The van der Waals surface area contributed by atoms with Gasteiger partial charge >= 0.3 is 5.97 Å². The fourth-order valence-electron chi connectivity index (χ4n) is 3.40. The second-order valence-electron chi connectivity index (χ2n) is 5.98. The van der Waals surface area contributed by atoms with E-state index in [2.05, 4.69) is 10.2 Å². The Labute approximate surface area is 131 Å². The number of nitrogens with zero attached hydrogens (tertiary/aromatic N) is 2. The van der Waals surface area contributed by atoms with Gasteiger partial charge in [0.05, 0.1) is 18.9 Å². The quantitative estimate of drug-likeness (QED) is 0.726. The lowest BCUT2D eigenvalue weighted by molar-refractivity contribution is -0.144. The lowest BCUT2D eigenvalue weighted by atomic mass is 10.2. The molecule has 3 atom stereocenters. The van der Waals surface area contributed by atoms with E-state index in [1.807, 2.05) is 4.90 Å². The van der Waals surface area contributed by atoms with E-state index >= 15 is 0 Å². The molecule has 120 valence electrons. The summed E-state index contributed by atoms with van der Waals surface area (Å²) in [5, 5.41) is 3.35. The van der Waals surface area contributed by atoms with Crippen LogP contribution in [0.1, 0.15) is 12.8 Å². The summed E-state index contributed by atoms with van der Waals surface area (Å²) in [4.78, 5) is 28.2. The Balaban J connectivity index is 0.00000161. The summed E-state index contributed by atoms with van der Waals surface area (Å²) in [6, 6.07) is 0.497. The lowest BCUT2D eigenvalue weighted by Gasteiger charge is -2.32. The van der Waals surface area contributed by atoms with Gasteiger partial charge in [-0.05, 0) is 12.8 Å². The van der Waals surface area contributed by atoms with E-state index < -0.39 is 0 Å². The third-order valence-corrected chi connectivity index (χ3v) is 4.75. The number of nitrogens with one attached hydrogen (secondary N) is 1. The van der Waals surface area contributed by atoms with E-state index in [4.69, 9.17) is 4.74 Å². The Morgan fingerprint density at radius 1 is 1.14 bits per heavy atom. The Kier molecular flexibility index (Phi) is 5.46. The minimum Gasteiger partial charge on any atom is -0.469 e. The average molecular weight is 318 g/mol. The molecule has 0 bridgehead atoms. The van der Waals surface area contributed by atoms with E-state index in [1.54, 1.807) is 0 Å². The Hall–Kier alpha value is -0.850. The van der Waals surface area contributed by atoms with Gasteiger partial charge in [-0.3, -0.25) is 14.5 Å². The molecule has 0 radical (unpaired) electrons. The van der Waals surface area contributed by atoms with Gasteiger partial charge < -0.3 is 15.0 Å². The Morgan fingerprint density at radius 3 is 2.52 bits per heavy atom. The highest BCUT2D eigenvalue weighted by Gasteiger charge is 2.51. The van der Waals surface area contributed by atoms with E-state index in [1.165, 1.54) is 7.11 Å². The van der Waals surface area contributed by atoms with Gasteiger partial charge in [-0.25, -0.2) is 0 Å². The predicted molar refractivity (Wildman–Crippen MR) is 80.3 cm³/mol. The molecule has 0 aromatic rings. The maximum atomic E-state index is 12.4. The van der Waals surface area contributed by atoms with Gasteiger partial charge in [0.15, 0.2) is 0 Å². The molecule has 0 aromatic heterocycles. The van der Waals surface area contributed by atoms with Crippen molar-refractivity contribution in [2.75, 3.05) is 46.4 Å². The summed E-state index contributed by atoms with van der Waals surface area (Å²) >= 11 is 0. The molecule has 1 aliphatic carbocycles. The van der Waals surface area contributed by atoms with Gasteiger partial charge in [0.2, 0.25) is 5.91 Å². The molecule has 3 aliphatic rings. The van der Waals surface area contributed by atoms with Gasteiger partial charge in [0.25, 0.3) is 0 Å². The first-order chi connectivity index (χ1) is 9.70. The van der Waals surface area contributed by atoms with Crippen LogP contribution in [0.3, 0.4) is 0 Å². The molecule has 2 aliphatic heterocycles. The molecular formula is C14H24ClN3O3. The molecule has 0 aromatic carbocycles. The number of halogens is 1. The number of piperazine rings is 1. The van der Waals surface area contributed by atoms with Crippen LogP contribution in [0, 0.1) is 11.8 Å². The zero-order chi connectivity index (χ0) is 14.1. The number of rotatable bonds is 3. The first-order valence-electron chi connectivity index (χ1n) is 7.52. The fourth-order valence-corrected chi connectivity index (χ4v) is 3.40. The van der Waals surface area contributed by atoms with Crippen LogP contribution in [0.2, 0.25) is 0 Å². The Morgan fingerprint density at radius 2 is 1.86 bits per heavy atom. The predicted octanol–water partition coefficient (Wildman–Crippen LogP) is -0.277. The van der Waals surface area contributed by atoms with Crippen LogP contribution in [0.25, 0.3) is 0 Å². The summed E-state index contributed by atoms with van der Waals surface area (Å²) < 4.78 is 4.71. The van der Waals surface area contributed by atoms with E-state index in [-0.39, 0.29) is 36.1 Å². The van der Waals surface area contributed by atoms with Crippen LogP contribution in [0.15, 0.2) is 0 Å². The van der Waals surface area contributed by atoms with Crippen molar-refractivity contribution in [2.24, 2.45) is 11.8 Å². The summed E-state index contributed by atoms with van der Waals surface area (Å²) in [7, 11) is 1.39. The molecule has 2 heterocycles. The number of amides is 1. The Bertz CT molecular complexity index is 401. The summed E-state index contributed by atoms with van der Waals surface area (Å²) in [5.41, 5.74) is 0. The van der Waals surface area contributed by atoms with Crippen LogP contribution in [0.4, 0.5) is 0 Å². The molecule has 6 nitrogen and oxygen atoms in total. The third kappa shape index (κ3) is 3.49. The van der Waals surface area contributed by atoms with Gasteiger partial charge in [0.1, 0.15) is 0 Å². The number of likely N-dealkylation sites (tertiary alicyclic amines) is 1. The van der Waals surface area contributed by atoms with Gasteiger partial charge in [0, 0.05) is 45.3 Å². The van der Waals surface area contributed by atoms with Crippen molar-refractivity contribution in [1.29, 1.82) is 0 Å². The highest BCUT2D eigenvalue weighted by atomic mass is 35.5. The summed E-state index contributed by atoms with van der Waals surface area (Å²) in [5.74, 6) is -0.394. The normalized spacial score (nSPS) is 32.4.